The van der Waals surface area contributed by atoms with Crippen LogP contribution in [0, 0.1) is 17.6 Å². The molecule has 17 heavy (non-hydrogen) atoms. The topological polar surface area (TPSA) is 47.3 Å². The molecule has 1 heterocycles. The molecule has 2 unspecified atom stereocenters. The Labute approximate surface area is 98.9 Å². The summed E-state index contributed by atoms with van der Waals surface area (Å²) in [4.78, 5) is 0. The van der Waals surface area contributed by atoms with Crippen LogP contribution < -0.4 is 11.3 Å². The SMILES string of the molecule is NNC(c1c(F)cccc1F)C1CCCOC1. The Morgan fingerprint density at radius 3 is 2.59 bits per heavy atom. The summed E-state index contributed by atoms with van der Waals surface area (Å²) in [5.41, 5.74) is 2.51. The largest absolute Gasteiger partial charge is 0.381 e. The van der Waals surface area contributed by atoms with Gasteiger partial charge in [-0.2, -0.15) is 0 Å². The monoisotopic (exact) mass is 242 g/mol. The summed E-state index contributed by atoms with van der Waals surface area (Å²) in [6.07, 6.45) is 1.74. The van der Waals surface area contributed by atoms with Gasteiger partial charge in [0.15, 0.2) is 0 Å². The summed E-state index contributed by atoms with van der Waals surface area (Å²) >= 11 is 0. The van der Waals surface area contributed by atoms with E-state index in [2.05, 4.69) is 5.43 Å². The summed E-state index contributed by atoms with van der Waals surface area (Å²) in [6.45, 7) is 1.18. The molecule has 1 saturated heterocycles. The Kier molecular flexibility index (Phi) is 4.04. The molecule has 0 aliphatic carbocycles. The molecule has 1 aliphatic heterocycles. The van der Waals surface area contributed by atoms with Crippen LogP contribution in [0.15, 0.2) is 18.2 Å². The maximum atomic E-state index is 13.7. The number of nitrogens with two attached hydrogens (primary N) is 1. The quantitative estimate of drug-likeness (QED) is 0.628. The van der Waals surface area contributed by atoms with Gasteiger partial charge in [0.1, 0.15) is 11.6 Å². The minimum Gasteiger partial charge on any atom is -0.381 e. The fourth-order valence-electron chi connectivity index (χ4n) is 2.29. The van der Waals surface area contributed by atoms with Crippen LogP contribution in [0.5, 0.6) is 0 Å². The van der Waals surface area contributed by atoms with Crippen molar-refractivity contribution < 1.29 is 13.5 Å². The second-order valence-corrected chi connectivity index (χ2v) is 4.26. The average molecular weight is 242 g/mol. The molecule has 0 saturated carbocycles. The Balaban J connectivity index is 2.27. The molecule has 94 valence electrons. The first-order valence-corrected chi connectivity index (χ1v) is 5.72. The van der Waals surface area contributed by atoms with Crippen LogP contribution in [0.2, 0.25) is 0 Å². The molecule has 1 fully saturated rings. The average Bonchev–Trinajstić information content (AvgIpc) is 2.35. The number of ether oxygens (including phenoxy) is 1. The lowest BCUT2D eigenvalue weighted by Crippen LogP contribution is -2.38. The Morgan fingerprint density at radius 1 is 1.35 bits per heavy atom. The third kappa shape index (κ3) is 2.62. The Bertz CT molecular complexity index is 361. The van der Waals surface area contributed by atoms with Gasteiger partial charge in [-0.3, -0.25) is 11.3 Å². The van der Waals surface area contributed by atoms with Crippen LogP contribution in [0.1, 0.15) is 24.4 Å². The summed E-state index contributed by atoms with van der Waals surface area (Å²) in [5, 5.41) is 0. The number of rotatable bonds is 3. The third-order valence-corrected chi connectivity index (χ3v) is 3.16. The van der Waals surface area contributed by atoms with E-state index in [1.807, 2.05) is 0 Å². The van der Waals surface area contributed by atoms with E-state index in [-0.39, 0.29) is 11.5 Å². The van der Waals surface area contributed by atoms with Crippen molar-refractivity contribution in [1.29, 1.82) is 0 Å². The van der Waals surface area contributed by atoms with Gasteiger partial charge in [0.2, 0.25) is 0 Å². The minimum absolute atomic E-state index is 0.000139. The molecule has 3 N–H and O–H groups in total. The lowest BCUT2D eigenvalue weighted by molar-refractivity contribution is 0.0379. The van der Waals surface area contributed by atoms with E-state index in [0.717, 1.165) is 12.8 Å². The van der Waals surface area contributed by atoms with Crippen molar-refractivity contribution in [1.82, 2.24) is 5.43 Å². The van der Waals surface area contributed by atoms with Crippen LogP contribution in [-0.4, -0.2) is 13.2 Å². The lowest BCUT2D eigenvalue weighted by Gasteiger charge is -2.30. The van der Waals surface area contributed by atoms with Crippen molar-refractivity contribution in [3.8, 4) is 0 Å². The van der Waals surface area contributed by atoms with Gasteiger partial charge >= 0.3 is 0 Å². The number of halogens is 2. The van der Waals surface area contributed by atoms with E-state index in [4.69, 9.17) is 10.6 Å². The number of nitrogens with one attached hydrogen (secondary N) is 1. The zero-order valence-electron chi connectivity index (χ0n) is 9.46. The molecule has 1 aliphatic rings. The minimum atomic E-state index is -0.571. The Hall–Kier alpha value is -1.04. The smallest absolute Gasteiger partial charge is 0.130 e. The van der Waals surface area contributed by atoms with E-state index < -0.39 is 17.7 Å². The molecule has 0 spiro atoms. The van der Waals surface area contributed by atoms with E-state index in [0.29, 0.717) is 13.2 Å². The van der Waals surface area contributed by atoms with Crippen molar-refractivity contribution >= 4 is 0 Å². The van der Waals surface area contributed by atoms with Gasteiger partial charge < -0.3 is 4.74 Å². The van der Waals surface area contributed by atoms with Gasteiger partial charge in [-0.05, 0) is 25.0 Å². The van der Waals surface area contributed by atoms with Gasteiger partial charge in [0, 0.05) is 18.1 Å². The van der Waals surface area contributed by atoms with Crippen molar-refractivity contribution in [3.05, 3.63) is 35.4 Å². The Morgan fingerprint density at radius 2 is 2.06 bits per heavy atom. The van der Waals surface area contributed by atoms with Crippen LogP contribution in [0.3, 0.4) is 0 Å². The summed E-state index contributed by atoms with van der Waals surface area (Å²) in [6, 6.07) is 3.29. The fraction of sp³-hybridized carbons (Fsp3) is 0.500. The van der Waals surface area contributed by atoms with Crippen molar-refractivity contribution in [2.24, 2.45) is 11.8 Å². The van der Waals surface area contributed by atoms with Gasteiger partial charge in [0.05, 0.1) is 12.6 Å². The molecule has 1 aromatic rings. The zero-order valence-corrected chi connectivity index (χ0v) is 9.46. The normalized spacial score (nSPS) is 22.4. The second-order valence-electron chi connectivity index (χ2n) is 4.26. The maximum absolute atomic E-state index is 13.7. The van der Waals surface area contributed by atoms with Gasteiger partial charge in [0.25, 0.3) is 0 Å². The van der Waals surface area contributed by atoms with Crippen LogP contribution in [-0.2, 0) is 4.74 Å². The summed E-state index contributed by atoms with van der Waals surface area (Å²) in [5.74, 6) is 4.29. The number of hydrogen-bond donors (Lipinski definition) is 2. The molecule has 3 nitrogen and oxygen atoms in total. The maximum Gasteiger partial charge on any atom is 0.130 e. The highest BCUT2D eigenvalue weighted by Gasteiger charge is 2.29. The predicted octanol–water partition coefficient (Wildman–Crippen LogP) is 1.90. The van der Waals surface area contributed by atoms with E-state index in [1.54, 1.807) is 0 Å². The fourth-order valence-corrected chi connectivity index (χ4v) is 2.29. The standard InChI is InChI=1S/C12H16F2N2O/c13-9-4-1-5-10(14)11(9)12(16-15)8-3-2-6-17-7-8/h1,4-5,8,12,16H,2-3,6-7,15H2. The molecule has 0 bridgehead atoms. The lowest BCUT2D eigenvalue weighted by atomic mass is 9.88. The van der Waals surface area contributed by atoms with E-state index >= 15 is 0 Å². The molecule has 5 heteroatoms. The molecule has 0 radical (unpaired) electrons. The van der Waals surface area contributed by atoms with Crippen molar-refractivity contribution in [3.63, 3.8) is 0 Å². The highest BCUT2D eigenvalue weighted by atomic mass is 19.1. The molecule has 0 aromatic heterocycles. The van der Waals surface area contributed by atoms with E-state index in [9.17, 15) is 8.78 Å². The number of hydrazine groups is 1. The van der Waals surface area contributed by atoms with Crippen LogP contribution in [0.4, 0.5) is 8.78 Å². The molecular formula is C12H16F2N2O. The van der Waals surface area contributed by atoms with Crippen LogP contribution in [0.25, 0.3) is 0 Å². The second kappa shape index (κ2) is 5.53. The predicted molar refractivity (Wildman–Crippen MR) is 60.0 cm³/mol. The van der Waals surface area contributed by atoms with Crippen molar-refractivity contribution in [2.45, 2.75) is 18.9 Å². The highest BCUT2D eigenvalue weighted by molar-refractivity contribution is 5.24. The highest BCUT2D eigenvalue weighted by Crippen LogP contribution is 2.31. The van der Waals surface area contributed by atoms with E-state index in [1.165, 1.54) is 18.2 Å². The van der Waals surface area contributed by atoms with Crippen LogP contribution >= 0.6 is 0 Å². The number of hydrogen-bond acceptors (Lipinski definition) is 3. The van der Waals surface area contributed by atoms with Gasteiger partial charge in [-0.15, -0.1) is 0 Å². The summed E-state index contributed by atoms with van der Waals surface area (Å²) < 4.78 is 32.7. The molecule has 2 rings (SSSR count). The third-order valence-electron chi connectivity index (χ3n) is 3.16. The van der Waals surface area contributed by atoms with Crippen molar-refractivity contribution in [2.75, 3.05) is 13.2 Å². The first-order valence-electron chi connectivity index (χ1n) is 5.72. The number of benzene rings is 1. The first-order chi connectivity index (χ1) is 8.24. The first kappa shape index (κ1) is 12.4. The van der Waals surface area contributed by atoms with Gasteiger partial charge in [-0.1, -0.05) is 6.07 Å². The molecular weight excluding hydrogens is 226 g/mol. The van der Waals surface area contributed by atoms with Gasteiger partial charge in [-0.25, -0.2) is 8.78 Å². The summed E-state index contributed by atoms with van der Waals surface area (Å²) in [7, 11) is 0. The zero-order chi connectivity index (χ0) is 12.3. The molecule has 2 atom stereocenters. The molecule has 0 amide bonds. The molecule has 1 aromatic carbocycles.